The average Bonchev–Trinajstić information content (AvgIpc) is 2.83. The van der Waals surface area contributed by atoms with E-state index in [4.69, 9.17) is 4.42 Å². The Kier molecular flexibility index (Phi) is 1.72. The predicted molar refractivity (Wildman–Crippen MR) is 69.7 cm³/mol. The maximum atomic E-state index is 5.46. The van der Waals surface area contributed by atoms with Crippen LogP contribution >= 0.6 is 0 Å². The van der Waals surface area contributed by atoms with Crippen LogP contribution in [0.3, 0.4) is 0 Å². The molecule has 0 saturated heterocycles. The third-order valence-corrected chi connectivity index (χ3v) is 3.66. The molecular formula is C16H12O. The quantitative estimate of drug-likeness (QED) is 0.665. The lowest BCUT2D eigenvalue weighted by atomic mass is 9.85. The first-order chi connectivity index (χ1) is 8.42. The highest BCUT2D eigenvalue weighted by molar-refractivity contribution is 5.80. The number of benzene rings is 1. The van der Waals surface area contributed by atoms with Gasteiger partial charge in [0.2, 0.25) is 0 Å². The highest BCUT2D eigenvalue weighted by Crippen LogP contribution is 2.24. The Labute approximate surface area is 99.1 Å². The fourth-order valence-electron chi connectivity index (χ4n) is 2.78. The summed E-state index contributed by atoms with van der Waals surface area (Å²) in [4.78, 5) is 0. The van der Waals surface area contributed by atoms with Gasteiger partial charge in [-0.3, -0.25) is 0 Å². The van der Waals surface area contributed by atoms with E-state index in [0.717, 1.165) is 12.0 Å². The maximum absolute atomic E-state index is 5.46. The van der Waals surface area contributed by atoms with Gasteiger partial charge in [-0.15, -0.1) is 0 Å². The van der Waals surface area contributed by atoms with E-state index in [1.807, 2.05) is 6.07 Å². The van der Waals surface area contributed by atoms with E-state index in [0.29, 0.717) is 5.92 Å². The summed E-state index contributed by atoms with van der Waals surface area (Å²) in [5.74, 6) is 0.553. The van der Waals surface area contributed by atoms with Crippen molar-refractivity contribution < 1.29 is 4.42 Å². The Bertz CT molecular complexity index is 771. The number of hydrogen-bond donors (Lipinski definition) is 0. The van der Waals surface area contributed by atoms with Crippen LogP contribution in [-0.2, 0) is 0 Å². The number of rotatable bonds is 0. The molecule has 0 aliphatic heterocycles. The van der Waals surface area contributed by atoms with Crippen LogP contribution in [0.4, 0.5) is 0 Å². The fraction of sp³-hybridized carbons (Fsp3) is 0.125. The van der Waals surface area contributed by atoms with E-state index in [1.54, 1.807) is 6.26 Å². The Morgan fingerprint density at radius 1 is 1.18 bits per heavy atom. The minimum Gasteiger partial charge on any atom is -0.464 e. The van der Waals surface area contributed by atoms with Crippen LogP contribution in [0.15, 0.2) is 53.2 Å². The molecule has 0 spiro atoms. The number of furan rings is 1. The molecule has 82 valence electrons. The van der Waals surface area contributed by atoms with Gasteiger partial charge in [-0.05, 0) is 40.6 Å². The topological polar surface area (TPSA) is 13.1 Å². The molecule has 2 aliphatic carbocycles. The molecule has 0 bridgehead atoms. The summed E-state index contributed by atoms with van der Waals surface area (Å²) in [6, 6.07) is 6.43. The summed E-state index contributed by atoms with van der Waals surface area (Å²) in [5.41, 5.74) is 2.42. The number of allylic oxidation sites excluding steroid dienone is 4. The highest BCUT2D eigenvalue weighted by Gasteiger charge is 2.15. The second-order valence-electron chi connectivity index (χ2n) is 4.64. The highest BCUT2D eigenvalue weighted by atomic mass is 16.3. The van der Waals surface area contributed by atoms with Gasteiger partial charge in [0, 0.05) is 11.3 Å². The van der Waals surface area contributed by atoms with Crippen LogP contribution < -0.4 is 10.4 Å². The standard InChI is InChI=1S/C16H12O/c1-2-4-14-11(3-1)5-6-12-10-16-13(7-8-17-16)9-15(12)14/h1-4,6-11H,5H2. The Hall–Kier alpha value is -2.02. The maximum Gasteiger partial charge on any atom is 0.134 e. The molecule has 1 aromatic carbocycles. The van der Waals surface area contributed by atoms with Crippen LogP contribution in [0.2, 0.25) is 0 Å². The molecule has 4 rings (SSSR count). The first kappa shape index (κ1) is 9.06. The predicted octanol–water partition coefficient (Wildman–Crippen LogP) is 2.51. The van der Waals surface area contributed by atoms with Crippen LogP contribution in [0.5, 0.6) is 0 Å². The van der Waals surface area contributed by atoms with Crippen LogP contribution in [-0.4, -0.2) is 0 Å². The van der Waals surface area contributed by atoms with E-state index in [-0.39, 0.29) is 0 Å². The van der Waals surface area contributed by atoms with Crippen molar-refractivity contribution in [1.29, 1.82) is 0 Å². The SMILES string of the molecule is C1=CC2=c3cc4ccoc4cc3=CCC2C=C1. The van der Waals surface area contributed by atoms with Crippen molar-refractivity contribution in [2.75, 3.05) is 0 Å². The molecular weight excluding hydrogens is 208 g/mol. The minimum atomic E-state index is 0.553. The molecule has 1 heterocycles. The molecule has 1 aromatic heterocycles. The molecule has 2 aliphatic rings. The van der Waals surface area contributed by atoms with E-state index in [9.17, 15) is 0 Å². The van der Waals surface area contributed by atoms with Gasteiger partial charge < -0.3 is 4.42 Å². The van der Waals surface area contributed by atoms with Crippen molar-refractivity contribution >= 4 is 22.6 Å². The molecule has 1 unspecified atom stereocenters. The Morgan fingerprint density at radius 2 is 2.18 bits per heavy atom. The summed E-state index contributed by atoms with van der Waals surface area (Å²) in [5, 5.41) is 3.85. The molecule has 1 heteroatoms. The van der Waals surface area contributed by atoms with E-state index in [1.165, 1.54) is 21.4 Å². The minimum absolute atomic E-state index is 0.553. The average molecular weight is 220 g/mol. The smallest absolute Gasteiger partial charge is 0.134 e. The zero-order chi connectivity index (χ0) is 11.2. The molecule has 0 N–H and O–H groups in total. The van der Waals surface area contributed by atoms with Crippen molar-refractivity contribution in [2.24, 2.45) is 5.92 Å². The third kappa shape index (κ3) is 1.26. The molecule has 2 aromatic rings. The van der Waals surface area contributed by atoms with Gasteiger partial charge in [0.25, 0.3) is 0 Å². The van der Waals surface area contributed by atoms with Gasteiger partial charge in [-0.2, -0.15) is 0 Å². The second kappa shape index (κ2) is 3.24. The molecule has 0 saturated carbocycles. The van der Waals surface area contributed by atoms with Crippen molar-refractivity contribution in [3.8, 4) is 0 Å². The lowest BCUT2D eigenvalue weighted by molar-refractivity contribution is 0.615. The Balaban J connectivity index is 2.18. The van der Waals surface area contributed by atoms with Crippen molar-refractivity contribution in [1.82, 2.24) is 0 Å². The van der Waals surface area contributed by atoms with E-state index >= 15 is 0 Å². The van der Waals surface area contributed by atoms with Gasteiger partial charge in [0.1, 0.15) is 5.58 Å². The summed E-state index contributed by atoms with van der Waals surface area (Å²) in [6.07, 6.45) is 14.0. The lowest BCUT2D eigenvalue weighted by Crippen LogP contribution is -2.32. The van der Waals surface area contributed by atoms with Crippen LogP contribution in [0, 0.1) is 5.92 Å². The normalized spacial score (nSPS) is 21.2. The number of hydrogen-bond acceptors (Lipinski definition) is 1. The molecule has 0 fully saturated rings. The van der Waals surface area contributed by atoms with Crippen molar-refractivity contribution in [2.45, 2.75) is 6.42 Å². The molecule has 0 radical (unpaired) electrons. The number of fused-ring (bicyclic) bond motifs is 3. The van der Waals surface area contributed by atoms with Crippen LogP contribution in [0.1, 0.15) is 6.42 Å². The van der Waals surface area contributed by atoms with Gasteiger partial charge in [-0.1, -0.05) is 30.4 Å². The molecule has 1 nitrogen and oxygen atoms in total. The second-order valence-corrected chi connectivity index (χ2v) is 4.64. The largest absolute Gasteiger partial charge is 0.464 e. The first-order valence-corrected chi connectivity index (χ1v) is 5.98. The zero-order valence-corrected chi connectivity index (χ0v) is 9.39. The Morgan fingerprint density at radius 3 is 3.18 bits per heavy atom. The summed E-state index contributed by atoms with van der Waals surface area (Å²) < 4.78 is 5.46. The van der Waals surface area contributed by atoms with Gasteiger partial charge in [0.05, 0.1) is 6.26 Å². The van der Waals surface area contributed by atoms with Gasteiger partial charge in [0.15, 0.2) is 0 Å². The van der Waals surface area contributed by atoms with Gasteiger partial charge >= 0.3 is 0 Å². The van der Waals surface area contributed by atoms with E-state index < -0.39 is 0 Å². The van der Waals surface area contributed by atoms with E-state index in [2.05, 4.69) is 42.5 Å². The monoisotopic (exact) mass is 220 g/mol. The van der Waals surface area contributed by atoms with Crippen LogP contribution in [0.25, 0.3) is 22.6 Å². The molecule has 0 amide bonds. The van der Waals surface area contributed by atoms with Crippen molar-refractivity contribution in [3.63, 3.8) is 0 Å². The summed E-state index contributed by atoms with van der Waals surface area (Å²) in [7, 11) is 0. The summed E-state index contributed by atoms with van der Waals surface area (Å²) >= 11 is 0. The molecule has 17 heavy (non-hydrogen) atoms. The summed E-state index contributed by atoms with van der Waals surface area (Å²) in [6.45, 7) is 0. The lowest BCUT2D eigenvalue weighted by Gasteiger charge is -2.19. The molecule has 1 atom stereocenters. The first-order valence-electron chi connectivity index (χ1n) is 5.98. The van der Waals surface area contributed by atoms with Gasteiger partial charge in [-0.25, -0.2) is 0 Å². The van der Waals surface area contributed by atoms with Crippen molar-refractivity contribution in [3.05, 3.63) is 59.2 Å². The fourth-order valence-corrected chi connectivity index (χ4v) is 2.78. The zero-order valence-electron chi connectivity index (χ0n) is 9.39. The third-order valence-electron chi connectivity index (χ3n) is 3.66.